The average molecular weight is 270 g/mol. The number of carboxylic acids is 1. The molecule has 0 aliphatic rings. The zero-order chi connectivity index (χ0) is 14.1. The van der Waals surface area contributed by atoms with Crippen molar-refractivity contribution in [2.24, 2.45) is 0 Å². The molecule has 7 nitrogen and oxygen atoms in total. The number of aromatic nitrogens is 3. The van der Waals surface area contributed by atoms with Crippen LogP contribution in [0, 0.1) is 0 Å². The molecule has 0 fully saturated rings. The summed E-state index contributed by atoms with van der Waals surface area (Å²) in [6.45, 7) is 0. The maximum absolute atomic E-state index is 12.2. The van der Waals surface area contributed by atoms with Gasteiger partial charge in [0.1, 0.15) is 11.4 Å². The van der Waals surface area contributed by atoms with Crippen LogP contribution in [-0.4, -0.2) is 32.2 Å². The molecule has 0 bridgehead atoms. The Kier molecular flexibility index (Phi) is 2.72. The number of fused-ring (bicyclic) bond motifs is 1. The number of hydrogen-bond acceptors (Lipinski definition) is 3. The fourth-order valence-electron chi connectivity index (χ4n) is 1.98. The van der Waals surface area contributed by atoms with Gasteiger partial charge in [0.15, 0.2) is 0 Å². The molecule has 0 aliphatic heterocycles. The molecule has 0 saturated carbocycles. The molecule has 100 valence electrons. The van der Waals surface area contributed by atoms with Crippen LogP contribution in [0.5, 0.6) is 0 Å². The quantitative estimate of drug-likeness (QED) is 0.581. The monoisotopic (exact) mass is 270 g/mol. The van der Waals surface area contributed by atoms with Crippen molar-refractivity contribution in [1.29, 1.82) is 0 Å². The van der Waals surface area contributed by atoms with Crippen molar-refractivity contribution in [3.05, 3.63) is 47.8 Å². The van der Waals surface area contributed by atoms with Crippen LogP contribution in [0.25, 0.3) is 10.9 Å². The van der Waals surface area contributed by atoms with Crippen molar-refractivity contribution in [1.82, 2.24) is 15.2 Å². The molecule has 4 N–H and O–H groups in total. The number of nitrogens with one attached hydrogen (secondary N) is 3. The summed E-state index contributed by atoms with van der Waals surface area (Å²) >= 11 is 0. The van der Waals surface area contributed by atoms with Crippen LogP contribution >= 0.6 is 0 Å². The molecule has 20 heavy (non-hydrogen) atoms. The van der Waals surface area contributed by atoms with Crippen LogP contribution in [0.3, 0.4) is 0 Å². The number of aromatic carboxylic acids is 1. The number of amides is 1. The third kappa shape index (κ3) is 1.91. The molecule has 0 spiro atoms. The van der Waals surface area contributed by atoms with E-state index in [0.29, 0.717) is 5.56 Å². The first-order chi connectivity index (χ1) is 9.66. The molecule has 2 aromatic heterocycles. The fraction of sp³-hybridized carbons (Fsp3) is 0. The minimum absolute atomic E-state index is 0.0628. The minimum Gasteiger partial charge on any atom is -0.477 e. The fourth-order valence-corrected chi connectivity index (χ4v) is 1.98. The molecule has 7 heteroatoms. The Morgan fingerprint density at radius 2 is 2.00 bits per heavy atom. The highest BCUT2D eigenvalue weighted by Gasteiger charge is 2.17. The standard InChI is InChI=1S/C13H10N4O3/c18-12(16-11-9(13(19)20)6-15-17-11)8-5-14-10-4-2-1-3-7(8)10/h1-6,14H,(H,19,20)(H2,15,16,17,18). The number of anilines is 1. The lowest BCUT2D eigenvalue weighted by molar-refractivity contribution is 0.0698. The Balaban J connectivity index is 1.93. The lowest BCUT2D eigenvalue weighted by Crippen LogP contribution is -2.14. The topological polar surface area (TPSA) is 111 Å². The largest absolute Gasteiger partial charge is 0.477 e. The summed E-state index contributed by atoms with van der Waals surface area (Å²) in [4.78, 5) is 26.1. The SMILES string of the molecule is O=C(O)c1cn[nH]c1NC(=O)c1c[nH]c2ccccc12. The van der Waals surface area contributed by atoms with E-state index in [1.54, 1.807) is 6.20 Å². The molecule has 0 saturated heterocycles. The third-order valence-electron chi connectivity index (χ3n) is 2.94. The lowest BCUT2D eigenvalue weighted by atomic mass is 10.1. The molecule has 3 aromatic rings. The van der Waals surface area contributed by atoms with E-state index in [2.05, 4.69) is 20.5 Å². The second-order valence-corrected chi connectivity index (χ2v) is 4.17. The van der Waals surface area contributed by atoms with Gasteiger partial charge in [0.25, 0.3) is 5.91 Å². The molecular weight excluding hydrogens is 260 g/mol. The summed E-state index contributed by atoms with van der Waals surface area (Å²) < 4.78 is 0. The number of nitrogens with zero attached hydrogens (tertiary/aromatic N) is 1. The second-order valence-electron chi connectivity index (χ2n) is 4.17. The molecular formula is C13H10N4O3. The van der Waals surface area contributed by atoms with Gasteiger partial charge in [0.05, 0.1) is 11.8 Å². The van der Waals surface area contributed by atoms with Crippen molar-refractivity contribution in [2.75, 3.05) is 5.32 Å². The first-order valence-corrected chi connectivity index (χ1v) is 5.81. The van der Waals surface area contributed by atoms with Gasteiger partial charge in [-0.1, -0.05) is 18.2 Å². The van der Waals surface area contributed by atoms with Crippen molar-refractivity contribution in [3.63, 3.8) is 0 Å². The number of rotatable bonds is 3. The Bertz CT molecular complexity index is 803. The molecule has 0 radical (unpaired) electrons. The van der Waals surface area contributed by atoms with Crippen molar-refractivity contribution < 1.29 is 14.7 Å². The average Bonchev–Trinajstić information content (AvgIpc) is 3.04. The van der Waals surface area contributed by atoms with E-state index >= 15 is 0 Å². The number of carbonyl (C=O) groups excluding carboxylic acids is 1. The van der Waals surface area contributed by atoms with Gasteiger partial charge in [0.2, 0.25) is 0 Å². The Hall–Kier alpha value is -3.09. The van der Waals surface area contributed by atoms with Crippen molar-refractivity contribution in [3.8, 4) is 0 Å². The zero-order valence-corrected chi connectivity index (χ0v) is 10.2. The number of aromatic amines is 2. The second kappa shape index (κ2) is 4.54. The summed E-state index contributed by atoms with van der Waals surface area (Å²) in [7, 11) is 0. The number of para-hydroxylation sites is 1. The van der Waals surface area contributed by atoms with Crippen LogP contribution in [0.1, 0.15) is 20.7 Å². The summed E-state index contributed by atoms with van der Waals surface area (Å²) in [6.07, 6.45) is 2.73. The van der Waals surface area contributed by atoms with E-state index in [1.807, 2.05) is 24.3 Å². The van der Waals surface area contributed by atoms with Gasteiger partial charge in [-0.3, -0.25) is 9.89 Å². The van der Waals surface area contributed by atoms with E-state index < -0.39 is 11.9 Å². The van der Waals surface area contributed by atoms with Gasteiger partial charge in [-0.15, -0.1) is 0 Å². The van der Waals surface area contributed by atoms with Gasteiger partial charge in [-0.25, -0.2) is 4.79 Å². The number of H-pyrrole nitrogens is 2. The summed E-state index contributed by atoms with van der Waals surface area (Å²) in [5, 5.41) is 18.3. The van der Waals surface area contributed by atoms with Crippen LogP contribution in [0.2, 0.25) is 0 Å². The summed E-state index contributed by atoms with van der Waals surface area (Å²) in [6, 6.07) is 7.35. The van der Waals surface area contributed by atoms with Crippen molar-refractivity contribution >= 4 is 28.6 Å². The van der Waals surface area contributed by atoms with E-state index in [-0.39, 0.29) is 11.4 Å². The highest BCUT2D eigenvalue weighted by molar-refractivity contribution is 6.13. The van der Waals surface area contributed by atoms with Crippen LogP contribution in [0.15, 0.2) is 36.7 Å². The minimum atomic E-state index is -1.16. The number of carboxylic acid groups (broad SMARTS) is 1. The number of benzene rings is 1. The Morgan fingerprint density at radius 1 is 1.20 bits per heavy atom. The van der Waals surface area contributed by atoms with Crippen molar-refractivity contribution in [2.45, 2.75) is 0 Å². The molecule has 1 amide bonds. The van der Waals surface area contributed by atoms with Gasteiger partial charge < -0.3 is 15.4 Å². The normalized spacial score (nSPS) is 10.6. The van der Waals surface area contributed by atoms with Gasteiger partial charge in [-0.05, 0) is 6.07 Å². The maximum Gasteiger partial charge on any atom is 0.341 e. The van der Waals surface area contributed by atoms with E-state index in [9.17, 15) is 9.59 Å². The van der Waals surface area contributed by atoms with Crippen LogP contribution in [-0.2, 0) is 0 Å². The third-order valence-corrected chi connectivity index (χ3v) is 2.94. The molecule has 0 unspecified atom stereocenters. The summed E-state index contributed by atoms with van der Waals surface area (Å²) in [5.41, 5.74) is 1.19. The highest BCUT2D eigenvalue weighted by atomic mass is 16.4. The van der Waals surface area contributed by atoms with Gasteiger partial charge >= 0.3 is 5.97 Å². The number of carbonyl (C=O) groups is 2. The Morgan fingerprint density at radius 3 is 2.80 bits per heavy atom. The molecule has 3 rings (SSSR count). The van der Waals surface area contributed by atoms with E-state index in [0.717, 1.165) is 17.1 Å². The maximum atomic E-state index is 12.2. The molecule has 2 heterocycles. The number of hydrogen-bond donors (Lipinski definition) is 4. The van der Waals surface area contributed by atoms with E-state index in [1.165, 1.54) is 0 Å². The van der Waals surface area contributed by atoms with E-state index in [4.69, 9.17) is 5.11 Å². The molecule has 0 aliphatic carbocycles. The molecule has 0 atom stereocenters. The predicted octanol–water partition coefficient (Wildman–Crippen LogP) is 1.84. The van der Waals surface area contributed by atoms with Gasteiger partial charge in [-0.2, -0.15) is 5.10 Å². The highest BCUT2D eigenvalue weighted by Crippen LogP contribution is 2.19. The van der Waals surface area contributed by atoms with Crippen LogP contribution in [0.4, 0.5) is 5.82 Å². The smallest absolute Gasteiger partial charge is 0.341 e. The van der Waals surface area contributed by atoms with Crippen LogP contribution < -0.4 is 5.32 Å². The first-order valence-electron chi connectivity index (χ1n) is 5.81. The first kappa shape index (κ1) is 12.0. The molecule has 1 aromatic carbocycles. The van der Waals surface area contributed by atoms with Gasteiger partial charge in [0, 0.05) is 17.1 Å². The summed E-state index contributed by atoms with van der Waals surface area (Å²) in [5.74, 6) is -1.50. The Labute approximate surface area is 112 Å². The zero-order valence-electron chi connectivity index (χ0n) is 10.2. The lowest BCUT2D eigenvalue weighted by Gasteiger charge is -2.02. The predicted molar refractivity (Wildman–Crippen MR) is 71.8 cm³/mol.